The Labute approximate surface area is 193 Å². The third-order valence-electron chi connectivity index (χ3n) is 4.50. The van der Waals surface area contributed by atoms with Gasteiger partial charge in [-0.25, -0.2) is 16.8 Å². The molecule has 0 aromatic heterocycles. The van der Waals surface area contributed by atoms with Crippen molar-refractivity contribution in [1.82, 2.24) is 5.32 Å². The highest BCUT2D eigenvalue weighted by Crippen LogP contribution is 2.55. The molecule has 1 heterocycles. The van der Waals surface area contributed by atoms with Crippen LogP contribution in [-0.4, -0.2) is 63.4 Å². The summed E-state index contributed by atoms with van der Waals surface area (Å²) in [7, 11) is -16.2. The van der Waals surface area contributed by atoms with Crippen LogP contribution in [0.1, 0.15) is 20.7 Å². The number of carbonyl (C=O) groups excluding carboxylic acids is 2. The SMILES string of the molecule is O=C1NC(=O)c2c1ccc(S(=O)(=O)C(F)(F)C(F)(F)C(F)(F)F)c2S(=O)(=O)C(F)(F)C(F)(F)C(F)(F)F. The molecule has 0 fully saturated rings. The predicted molar refractivity (Wildman–Crippen MR) is 84.5 cm³/mol. The molecule has 37 heavy (non-hydrogen) atoms. The number of alkyl halides is 14. The minimum absolute atomic E-state index is 0.274. The minimum atomic E-state index is -8.17. The first-order valence-electron chi connectivity index (χ1n) is 8.20. The third kappa shape index (κ3) is 3.82. The van der Waals surface area contributed by atoms with E-state index in [0.717, 1.165) is 5.32 Å². The standard InChI is InChI=1S/C14H3F14NO6S2/c15-9(16,11(19,20)21)13(25,26)36(32,33)4-2-1-3-5(8(31)29-7(3)30)6(4)37(34,35)14(27,28)10(17,18)12(22,23)24/h1-2H,(H,29,30,31). The van der Waals surface area contributed by atoms with Gasteiger partial charge in [0, 0.05) is 0 Å². The molecule has 1 aliphatic heterocycles. The molecule has 0 saturated carbocycles. The first-order valence-corrected chi connectivity index (χ1v) is 11.2. The van der Waals surface area contributed by atoms with E-state index < -0.39 is 93.2 Å². The quantitative estimate of drug-likeness (QED) is 0.388. The van der Waals surface area contributed by atoms with Gasteiger partial charge in [0.15, 0.2) is 0 Å². The minimum Gasteiger partial charge on any atom is -0.288 e. The van der Waals surface area contributed by atoms with Gasteiger partial charge in [0.25, 0.3) is 31.5 Å². The number of fused-ring (bicyclic) bond motifs is 1. The number of hydrogen-bond acceptors (Lipinski definition) is 6. The van der Waals surface area contributed by atoms with Gasteiger partial charge in [0.2, 0.25) is 0 Å². The number of sulfone groups is 2. The Morgan fingerprint density at radius 2 is 0.946 bits per heavy atom. The van der Waals surface area contributed by atoms with Crippen LogP contribution in [0.5, 0.6) is 0 Å². The van der Waals surface area contributed by atoms with E-state index in [1.165, 1.54) is 0 Å². The smallest absolute Gasteiger partial charge is 0.288 e. The summed E-state index contributed by atoms with van der Waals surface area (Å²) >= 11 is 0. The van der Waals surface area contributed by atoms with E-state index in [2.05, 4.69) is 0 Å². The van der Waals surface area contributed by atoms with Gasteiger partial charge in [0.05, 0.1) is 16.0 Å². The number of hydrogen-bond donors (Lipinski definition) is 1. The number of nitrogens with one attached hydrogen (secondary N) is 1. The van der Waals surface area contributed by atoms with Crippen molar-refractivity contribution in [2.45, 2.75) is 44.5 Å². The molecule has 0 spiro atoms. The monoisotopic (exact) mass is 611 g/mol. The second kappa shape index (κ2) is 7.89. The highest BCUT2D eigenvalue weighted by atomic mass is 32.2. The lowest BCUT2D eigenvalue weighted by atomic mass is 10.1. The first kappa shape index (κ1) is 30.5. The molecule has 1 aliphatic rings. The lowest BCUT2D eigenvalue weighted by Crippen LogP contribution is -2.57. The maximum atomic E-state index is 14.2. The Morgan fingerprint density at radius 1 is 0.568 bits per heavy atom. The van der Waals surface area contributed by atoms with E-state index in [1.54, 1.807) is 0 Å². The third-order valence-corrected chi connectivity index (χ3v) is 8.37. The maximum Gasteiger partial charge on any atom is 0.461 e. The predicted octanol–water partition coefficient (Wildman–Crippen LogP) is 3.70. The Morgan fingerprint density at radius 3 is 1.32 bits per heavy atom. The van der Waals surface area contributed by atoms with Crippen molar-refractivity contribution in [2.75, 3.05) is 0 Å². The van der Waals surface area contributed by atoms with Gasteiger partial charge in [-0.15, -0.1) is 0 Å². The van der Waals surface area contributed by atoms with E-state index in [9.17, 15) is 87.9 Å². The lowest BCUT2D eigenvalue weighted by molar-refractivity contribution is -0.332. The normalized spacial score (nSPS) is 16.6. The van der Waals surface area contributed by atoms with Crippen LogP contribution in [0.4, 0.5) is 61.5 Å². The molecule has 210 valence electrons. The van der Waals surface area contributed by atoms with Crippen LogP contribution in [0.25, 0.3) is 0 Å². The fourth-order valence-electron chi connectivity index (χ4n) is 2.62. The van der Waals surface area contributed by atoms with Crippen LogP contribution < -0.4 is 5.32 Å². The van der Waals surface area contributed by atoms with Crippen LogP contribution in [0.2, 0.25) is 0 Å². The van der Waals surface area contributed by atoms with Crippen molar-refractivity contribution in [3.8, 4) is 0 Å². The van der Waals surface area contributed by atoms with Crippen LogP contribution >= 0.6 is 0 Å². The van der Waals surface area contributed by atoms with Gasteiger partial charge >= 0.3 is 34.7 Å². The number of carbonyl (C=O) groups is 2. The topological polar surface area (TPSA) is 114 Å². The Bertz CT molecular complexity index is 1390. The molecule has 0 bridgehead atoms. The van der Waals surface area contributed by atoms with Gasteiger partial charge in [-0.1, -0.05) is 0 Å². The largest absolute Gasteiger partial charge is 0.461 e. The molecule has 1 aromatic rings. The summed E-state index contributed by atoms with van der Waals surface area (Å²) in [6.45, 7) is 0. The summed E-state index contributed by atoms with van der Waals surface area (Å²) in [6, 6.07) is -1.13. The molecule has 1 N–H and O–H groups in total. The summed E-state index contributed by atoms with van der Waals surface area (Å²) in [6.07, 6.45) is -15.0. The molecule has 0 radical (unpaired) electrons. The zero-order chi connectivity index (χ0) is 29.6. The Balaban J connectivity index is 3.14. The molecule has 2 amide bonds. The van der Waals surface area contributed by atoms with Gasteiger partial charge in [0.1, 0.15) is 4.90 Å². The zero-order valence-electron chi connectivity index (χ0n) is 16.2. The second-order valence-electron chi connectivity index (χ2n) is 6.78. The van der Waals surface area contributed by atoms with E-state index in [-0.39, 0.29) is 6.07 Å². The molecule has 0 atom stereocenters. The van der Waals surface area contributed by atoms with Crippen molar-refractivity contribution < 1.29 is 87.9 Å². The Kier molecular flexibility index (Phi) is 6.51. The molecule has 0 aliphatic carbocycles. The van der Waals surface area contributed by atoms with Gasteiger partial charge in [-0.05, 0) is 12.1 Å². The van der Waals surface area contributed by atoms with Gasteiger partial charge < -0.3 is 0 Å². The van der Waals surface area contributed by atoms with Crippen LogP contribution in [0.3, 0.4) is 0 Å². The molecular weight excluding hydrogens is 608 g/mol. The molecule has 0 saturated heterocycles. The van der Waals surface area contributed by atoms with Crippen LogP contribution in [0, 0.1) is 0 Å². The van der Waals surface area contributed by atoms with E-state index in [1.807, 2.05) is 0 Å². The van der Waals surface area contributed by atoms with E-state index >= 15 is 0 Å². The lowest BCUT2D eigenvalue weighted by Gasteiger charge is -2.30. The summed E-state index contributed by atoms with van der Waals surface area (Å²) < 4.78 is 234. The van der Waals surface area contributed by atoms with Crippen molar-refractivity contribution in [3.63, 3.8) is 0 Å². The van der Waals surface area contributed by atoms with Crippen molar-refractivity contribution >= 4 is 31.5 Å². The summed E-state index contributed by atoms with van der Waals surface area (Å²) in [5, 5.41) is -14.2. The molecule has 23 heteroatoms. The first-order chi connectivity index (χ1) is 16.0. The average Bonchev–Trinajstić information content (AvgIpc) is 2.98. The fourth-order valence-corrected chi connectivity index (χ4v) is 6.12. The molecule has 2 rings (SSSR count). The maximum absolute atomic E-state index is 14.2. The van der Waals surface area contributed by atoms with E-state index in [4.69, 9.17) is 0 Å². The van der Waals surface area contributed by atoms with Crippen LogP contribution in [-0.2, 0) is 19.7 Å². The number of amides is 2. The fraction of sp³-hybridized carbons (Fsp3) is 0.429. The Hall–Kier alpha value is -2.72. The van der Waals surface area contributed by atoms with Gasteiger partial charge in [-0.3, -0.25) is 14.9 Å². The molecular formula is C14H3F14NO6S2. The van der Waals surface area contributed by atoms with Crippen LogP contribution in [0.15, 0.2) is 21.9 Å². The van der Waals surface area contributed by atoms with Crippen molar-refractivity contribution in [3.05, 3.63) is 23.3 Å². The zero-order valence-corrected chi connectivity index (χ0v) is 17.8. The summed E-state index contributed by atoms with van der Waals surface area (Å²) in [4.78, 5) is 16.6. The second-order valence-corrected chi connectivity index (χ2v) is 10.7. The number of rotatable bonds is 6. The number of halogens is 14. The van der Waals surface area contributed by atoms with Crippen molar-refractivity contribution in [2.24, 2.45) is 0 Å². The molecule has 0 unspecified atom stereocenters. The van der Waals surface area contributed by atoms with Crippen molar-refractivity contribution in [1.29, 1.82) is 0 Å². The van der Waals surface area contributed by atoms with Gasteiger partial charge in [-0.2, -0.15) is 61.5 Å². The summed E-state index contributed by atoms with van der Waals surface area (Å²) in [5.41, 5.74) is -4.09. The highest BCUT2D eigenvalue weighted by molar-refractivity contribution is 7.95. The molecule has 1 aromatic carbocycles. The van der Waals surface area contributed by atoms with E-state index in [0.29, 0.717) is 0 Å². The summed E-state index contributed by atoms with van der Waals surface area (Å²) in [5.74, 6) is -19.7. The molecule has 7 nitrogen and oxygen atoms in total. The average molecular weight is 611 g/mol. The number of benzene rings is 1. The number of imide groups is 1. The highest BCUT2D eigenvalue weighted by Gasteiger charge is 2.81.